The van der Waals surface area contributed by atoms with Crippen molar-refractivity contribution in [2.45, 2.75) is 25.7 Å². The standard InChI is InChI=1S/C25H28NO7P/c27-15-19-13-23(7-8-24(19)29)33-17-21(28)14-26-11-10-18-6-9-25(34(30)31)20(12-18)16-32-22-4-2-1-3-5-22/h1-9,12-13,21,26-28H,10-11,14-17H2,(H-,29,30,31)/p+1. The Labute approximate surface area is 199 Å². The van der Waals surface area contributed by atoms with Gasteiger partial charge in [0.05, 0.1) is 6.61 Å². The fourth-order valence-electron chi connectivity index (χ4n) is 3.31. The molecule has 0 spiro atoms. The van der Waals surface area contributed by atoms with Crippen LogP contribution in [0.15, 0.2) is 66.7 Å². The van der Waals surface area contributed by atoms with Gasteiger partial charge >= 0.3 is 8.03 Å². The average Bonchev–Trinajstić information content (AvgIpc) is 2.85. The molecule has 3 aromatic rings. The summed E-state index contributed by atoms with van der Waals surface area (Å²) in [7, 11) is -2.48. The second-order valence-corrected chi connectivity index (χ2v) is 8.73. The van der Waals surface area contributed by atoms with Crippen molar-refractivity contribution >= 4 is 13.3 Å². The van der Waals surface area contributed by atoms with E-state index in [0.717, 1.165) is 5.56 Å². The molecule has 180 valence electrons. The molecule has 0 aliphatic carbocycles. The van der Waals surface area contributed by atoms with Crippen LogP contribution in [0.25, 0.3) is 0 Å². The highest BCUT2D eigenvalue weighted by atomic mass is 31.1. The lowest BCUT2D eigenvalue weighted by atomic mass is 10.1. The molecule has 0 heterocycles. The largest absolute Gasteiger partial charge is 0.546 e. The Kier molecular flexibility index (Phi) is 9.82. The number of nitrogens with one attached hydrogen (secondary N) is 1. The average molecular weight is 486 g/mol. The summed E-state index contributed by atoms with van der Waals surface area (Å²) in [6, 6.07) is 19.1. The van der Waals surface area contributed by atoms with Crippen LogP contribution in [0.5, 0.6) is 17.2 Å². The van der Waals surface area contributed by atoms with E-state index in [0.29, 0.717) is 47.4 Å². The van der Waals surface area contributed by atoms with Crippen LogP contribution in [0.1, 0.15) is 16.7 Å². The fourth-order valence-corrected chi connectivity index (χ4v) is 3.88. The molecule has 0 amide bonds. The highest BCUT2D eigenvalue weighted by molar-refractivity contribution is 7.47. The van der Waals surface area contributed by atoms with E-state index in [1.54, 1.807) is 12.1 Å². The highest BCUT2D eigenvalue weighted by Gasteiger charge is 2.22. The maximum Gasteiger partial charge on any atom is 0.546 e. The van der Waals surface area contributed by atoms with E-state index < -0.39 is 14.1 Å². The zero-order chi connectivity index (χ0) is 24.3. The zero-order valence-electron chi connectivity index (χ0n) is 18.6. The van der Waals surface area contributed by atoms with E-state index in [9.17, 15) is 24.8 Å². The molecule has 0 bridgehead atoms. The van der Waals surface area contributed by atoms with E-state index in [1.165, 1.54) is 12.1 Å². The molecule has 2 unspecified atom stereocenters. The molecule has 8 nitrogen and oxygen atoms in total. The summed E-state index contributed by atoms with van der Waals surface area (Å²) in [5, 5.41) is 32.4. The lowest BCUT2D eigenvalue weighted by Crippen LogP contribution is -2.32. The first-order chi connectivity index (χ1) is 16.5. The molecule has 34 heavy (non-hydrogen) atoms. The van der Waals surface area contributed by atoms with Gasteiger partial charge in [-0.3, -0.25) is 0 Å². The van der Waals surface area contributed by atoms with Crippen LogP contribution in [0.3, 0.4) is 0 Å². The third kappa shape index (κ3) is 7.80. The molecule has 0 aromatic heterocycles. The first-order valence-electron chi connectivity index (χ1n) is 10.9. The van der Waals surface area contributed by atoms with Crippen molar-refractivity contribution in [3.8, 4) is 17.2 Å². The first-order valence-corrected chi connectivity index (χ1v) is 12.1. The van der Waals surface area contributed by atoms with Crippen molar-refractivity contribution < 1.29 is 34.3 Å². The number of benzene rings is 3. The number of para-hydroxylation sites is 1. The Morgan fingerprint density at radius 2 is 1.74 bits per heavy atom. The minimum atomic E-state index is -2.48. The molecular formula is C25H29NO7P+. The van der Waals surface area contributed by atoms with Gasteiger partial charge in [0.2, 0.25) is 5.30 Å². The van der Waals surface area contributed by atoms with Crippen LogP contribution in [-0.2, 0) is 24.2 Å². The molecule has 3 aromatic carbocycles. The molecule has 2 atom stereocenters. The number of rotatable bonds is 13. The minimum absolute atomic E-state index is 0.00858. The Bertz CT molecular complexity index is 1080. The normalized spacial score (nSPS) is 12.3. The molecule has 0 aliphatic heterocycles. The quantitative estimate of drug-likeness (QED) is 0.184. The maximum absolute atomic E-state index is 11.7. The van der Waals surface area contributed by atoms with Gasteiger partial charge in [0.25, 0.3) is 0 Å². The summed E-state index contributed by atoms with van der Waals surface area (Å²) in [6.07, 6.45) is -0.0892. The lowest BCUT2D eigenvalue weighted by Gasteiger charge is -2.14. The number of aliphatic hydroxyl groups excluding tert-OH is 2. The van der Waals surface area contributed by atoms with Gasteiger partial charge in [-0.05, 0) is 65.6 Å². The van der Waals surface area contributed by atoms with Crippen LogP contribution < -0.4 is 20.1 Å². The molecule has 0 aliphatic rings. The molecule has 0 saturated carbocycles. The van der Waals surface area contributed by atoms with E-state index in [4.69, 9.17) is 9.47 Å². The number of hydrogen-bond donors (Lipinski definition) is 5. The van der Waals surface area contributed by atoms with Gasteiger partial charge in [-0.15, -0.1) is 0 Å². The summed E-state index contributed by atoms with van der Waals surface area (Å²) >= 11 is 0. The van der Waals surface area contributed by atoms with E-state index in [2.05, 4.69) is 5.32 Å². The first kappa shape index (κ1) is 25.6. The van der Waals surface area contributed by atoms with Crippen molar-refractivity contribution in [3.63, 3.8) is 0 Å². The smallest absolute Gasteiger partial charge is 0.508 e. The maximum atomic E-state index is 11.7. The van der Waals surface area contributed by atoms with Gasteiger partial charge in [0.15, 0.2) is 0 Å². The predicted molar refractivity (Wildman–Crippen MR) is 129 cm³/mol. The molecule has 3 rings (SSSR count). The molecule has 5 N–H and O–H groups in total. The molecule has 9 heteroatoms. The minimum Gasteiger partial charge on any atom is -0.508 e. The molecular weight excluding hydrogens is 457 g/mol. The van der Waals surface area contributed by atoms with E-state index in [1.807, 2.05) is 42.5 Å². The lowest BCUT2D eigenvalue weighted by molar-refractivity contribution is 0.106. The van der Waals surface area contributed by atoms with Gasteiger partial charge in [0, 0.05) is 17.7 Å². The monoisotopic (exact) mass is 486 g/mol. The van der Waals surface area contributed by atoms with Crippen molar-refractivity contribution in [2.75, 3.05) is 19.7 Å². The molecule has 0 saturated heterocycles. The second kappa shape index (κ2) is 13.0. The van der Waals surface area contributed by atoms with Gasteiger partial charge in [0.1, 0.15) is 36.6 Å². The van der Waals surface area contributed by atoms with Crippen LogP contribution >= 0.6 is 8.03 Å². The Balaban J connectivity index is 1.46. The third-order valence-electron chi connectivity index (χ3n) is 5.12. The number of hydrogen-bond acceptors (Lipinski definition) is 7. The zero-order valence-corrected chi connectivity index (χ0v) is 19.5. The van der Waals surface area contributed by atoms with E-state index in [-0.39, 0.29) is 25.6 Å². The van der Waals surface area contributed by atoms with Crippen LogP contribution in [-0.4, -0.2) is 46.0 Å². The van der Waals surface area contributed by atoms with Crippen molar-refractivity contribution in [3.05, 3.63) is 83.4 Å². The summed E-state index contributed by atoms with van der Waals surface area (Å²) in [5.41, 5.74) is 2.00. The SMILES string of the molecule is O=[P+](O)c1ccc(CCNCC(O)COc2ccc(O)c(CO)c2)cc1COc1ccccc1. The van der Waals surface area contributed by atoms with Gasteiger partial charge in [-0.25, -0.2) is 0 Å². The molecule has 0 fully saturated rings. The Morgan fingerprint density at radius 3 is 2.47 bits per heavy atom. The van der Waals surface area contributed by atoms with Crippen LogP contribution in [0.4, 0.5) is 0 Å². The molecule has 0 radical (unpaired) electrons. The van der Waals surface area contributed by atoms with Crippen molar-refractivity contribution in [1.29, 1.82) is 0 Å². The van der Waals surface area contributed by atoms with Gasteiger partial charge in [-0.2, -0.15) is 4.89 Å². The van der Waals surface area contributed by atoms with Crippen LogP contribution in [0.2, 0.25) is 0 Å². The van der Waals surface area contributed by atoms with Crippen molar-refractivity contribution in [1.82, 2.24) is 5.32 Å². The van der Waals surface area contributed by atoms with Crippen molar-refractivity contribution in [2.24, 2.45) is 0 Å². The summed E-state index contributed by atoms with van der Waals surface area (Å²) in [5.74, 6) is 1.13. The number of ether oxygens (including phenoxy) is 2. The summed E-state index contributed by atoms with van der Waals surface area (Å²) < 4.78 is 23.0. The third-order valence-corrected chi connectivity index (χ3v) is 5.97. The topological polar surface area (TPSA) is 128 Å². The summed E-state index contributed by atoms with van der Waals surface area (Å²) in [6.45, 7) is 0.850. The second-order valence-electron chi connectivity index (χ2n) is 7.71. The number of aromatic hydroxyl groups is 1. The number of aliphatic hydroxyl groups is 2. The van der Waals surface area contributed by atoms with Gasteiger partial charge < -0.3 is 30.1 Å². The Hall–Kier alpha value is -3.00. The van der Waals surface area contributed by atoms with E-state index >= 15 is 0 Å². The highest BCUT2D eigenvalue weighted by Crippen LogP contribution is 2.23. The number of phenols is 1. The fraction of sp³-hybridized carbons (Fsp3) is 0.280. The predicted octanol–water partition coefficient (Wildman–Crippen LogP) is 2.40. The van der Waals surface area contributed by atoms with Crippen LogP contribution in [0, 0.1) is 0 Å². The van der Waals surface area contributed by atoms with Gasteiger partial charge in [-0.1, -0.05) is 24.3 Å². The summed E-state index contributed by atoms with van der Waals surface area (Å²) in [4.78, 5) is 9.62. The Morgan fingerprint density at radius 1 is 0.941 bits per heavy atom.